The molecule has 0 fully saturated rings. The van der Waals surface area contributed by atoms with Crippen LogP contribution in [0.5, 0.6) is 0 Å². The lowest BCUT2D eigenvalue weighted by atomic mass is 9.95. The number of thiazole rings is 1. The van der Waals surface area contributed by atoms with Crippen LogP contribution in [0.15, 0.2) is 130 Å². The molecule has 1 aliphatic rings. The average molecular weight is 624 g/mol. The number of anilines is 1. The van der Waals surface area contributed by atoms with Crippen LogP contribution in [0.3, 0.4) is 0 Å². The van der Waals surface area contributed by atoms with Gasteiger partial charge in [0.1, 0.15) is 5.82 Å². The van der Waals surface area contributed by atoms with Crippen molar-refractivity contribution in [1.82, 2.24) is 9.13 Å². The minimum absolute atomic E-state index is 0.303. The van der Waals surface area contributed by atoms with E-state index in [0.29, 0.717) is 44.0 Å². The number of para-hydroxylation sites is 2. The molecular weight excluding hydrogens is 598 g/mol. The molecule has 1 atom stereocenters. The molecule has 0 unspecified atom stereocenters. The molecule has 46 heavy (non-hydrogen) atoms. The second-order valence-corrected chi connectivity index (χ2v) is 12.0. The van der Waals surface area contributed by atoms with Gasteiger partial charge in [0.2, 0.25) is 0 Å². The zero-order chi connectivity index (χ0) is 31.8. The third-order valence-corrected chi connectivity index (χ3v) is 9.05. The minimum Gasteiger partial charge on any atom is -0.342 e. The molecule has 7 rings (SSSR count). The Hall–Kier alpha value is -5.85. The predicted molar refractivity (Wildman–Crippen MR) is 177 cm³/mol. The summed E-state index contributed by atoms with van der Waals surface area (Å²) in [6, 6.07) is 31.8. The van der Waals surface area contributed by atoms with Crippen LogP contribution in [-0.2, 0) is 11.3 Å². The number of benzene rings is 4. The Labute approximate surface area is 267 Å². The van der Waals surface area contributed by atoms with Gasteiger partial charge in [-0.2, -0.15) is 5.26 Å². The summed E-state index contributed by atoms with van der Waals surface area (Å²) < 4.78 is 18.1. The lowest BCUT2D eigenvalue weighted by Crippen LogP contribution is -2.40. The third-order valence-electron chi connectivity index (χ3n) is 8.07. The maximum Gasteiger partial charge on any atom is 0.271 e. The number of nitrogens with one attached hydrogen (secondary N) is 1. The standard InChI is InChI=1S/C37H26FN5O2S/c1-23-33(35(44)41-29-11-3-2-4-12-29)34(24-15-17-28(38)18-16-24)43-36(45)32(46-37(43)40-23)19-27-22-42(31-14-8-7-13-30(27)31)21-26-10-6-5-9-25(26)20-39/h2-19,22,34H,21H2,1H3,(H,41,44)/b32-19+/t34-/m1/s1. The normalized spacial score (nSPS) is 14.5. The number of carbonyl (C=O) groups excluding carboxylic acids is 1. The van der Waals surface area contributed by atoms with Crippen LogP contribution in [-0.4, -0.2) is 15.0 Å². The summed E-state index contributed by atoms with van der Waals surface area (Å²) >= 11 is 1.24. The van der Waals surface area contributed by atoms with Crippen molar-refractivity contribution in [1.29, 1.82) is 5.26 Å². The van der Waals surface area contributed by atoms with Crippen LogP contribution in [0, 0.1) is 17.1 Å². The highest BCUT2D eigenvalue weighted by Gasteiger charge is 2.32. The SMILES string of the molecule is CC1=C(C(=O)Nc2ccccc2)[C@@H](c2ccc(F)cc2)n2c(s/c(=C/c3cn(Cc4ccccc4C#N)c4ccccc34)c2=O)=N1. The predicted octanol–water partition coefficient (Wildman–Crippen LogP) is 5.89. The fourth-order valence-electron chi connectivity index (χ4n) is 5.91. The Morgan fingerprint density at radius 2 is 1.72 bits per heavy atom. The average Bonchev–Trinajstić information content (AvgIpc) is 3.57. The molecule has 1 aliphatic heterocycles. The van der Waals surface area contributed by atoms with Gasteiger partial charge in [-0.3, -0.25) is 14.2 Å². The molecule has 6 aromatic rings. The fraction of sp³-hybridized carbons (Fsp3) is 0.0811. The van der Waals surface area contributed by atoms with E-state index in [9.17, 15) is 19.2 Å². The fourth-order valence-corrected chi connectivity index (χ4v) is 6.94. The van der Waals surface area contributed by atoms with Gasteiger partial charge in [0.05, 0.1) is 33.5 Å². The van der Waals surface area contributed by atoms with Gasteiger partial charge >= 0.3 is 0 Å². The first-order valence-corrected chi connectivity index (χ1v) is 15.4. The Morgan fingerprint density at radius 1 is 1.00 bits per heavy atom. The molecule has 0 aliphatic carbocycles. The Balaban J connectivity index is 1.36. The van der Waals surface area contributed by atoms with Crippen LogP contribution in [0.25, 0.3) is 17.0 Å². The van der Waals surface area contributed by atoms with Gasteiger partial charge in [-0.15, -0.1) is 0 Å². The molecule has 1 N–H and O–H groups in total. The van der Waals surface area contributed by atoms with Crippen LogP contribution < -0.4 is 20.2 Å². The van der Waals surface area contributed by atoms with E-state index in [-0.39, 0.29) is 5.56 Å². The highest BCUT2D eigenvalue weighted by Crippen LogP contribution is 2.31. The summed E-state index contributed by atoms with van der Waals surface area (Å²) in [7, 11) is 0. The van der Waals surface area contributed by atoms with E-state index in [1.165, 1.54) is 28.0 Å². The number of carbonyl (C=O) groups is 1. The van der Waals surface area contributed by atoms with Gasteiger partial charge in [-0.1, -0.05) is 78.1 Å². The molecule has 3 heterocycles. The van der Waals surface area contributed by atoms with Gasteiger partial charge < -0.3 is 9.88 Å². The number of hydrogen-bond acceptors (Lipinski definition) is 5. The maximum absolute atomic E-state index is 14.2. The van der Waals surface area contributed by atoms with Crippen molar-refractivity contribution in [2.24, 2.45) is 4.99 Å². The van der Waals surface area contributed by atoms with Crippen molar-refractivity contribution < 1.29 is 9.18 Å². The molecule has 1 amide bonds. The number of nitrogens with zero attached hydrogens (tertiary/aromatic N) is 4. The molecular formula is C37H26FN5O2S. The Morgan fingerprint density at radius 3 is 2.50 bits per heavy atom. The number of hydrogen-bond donors (Lipinski definition) is 1. The van der Waals surface area contributed by atoms with Crippen molar-refractivity contribution in [3.05, 3.63) is 168 Å². The second-order valence-electron chi connectivity index (χ2n) is 11.0. The number of amides is 1. The van der Waals surface area contributed by atoms with Crippen LogP contribution in [0.1, 0.15) is 35.2 Å². The highest BCUT2D eigenvalue weighted by molar-refractivity contribution is 7.07. The summed E-state index contributed by atoms with van der Waals surface area (Å²) in [6.45, 7) is 2.24. The van der Waals surface area contributed by atoms with Crippen molar-refractivity contribution in [2.75, 3.05) is 5.32 Å². The van der Waals surface area contributed by atoms with E-state index in [4.69, 9.17) is 4.99 Å². The number of nitriles is 1. The molecule has 4 aromatic carbocycles. The van der Waals surface area contributed by atoms with Crippen LogP contribution in [0.2, 0.25) is 0 Å². The summed E-state index contributed by atoms with van der Waals surface area (Å²) in [6.07, 6.45) is 3.84. The quantitative estimate of drug-likeness (QED) is 0.251. The third kappa shape index (κ3) is 5.25. The van der Waals surface area contributed by atoms with Crippen LogP contribution in [0.4, 0.5) is 10.1 Å². The number of aromatic nitrogens is 2. The zero-order valence-corrected chi connectivity index (χ0v) is 25.5. The lowest BCUT2D eigenvalue weighted by molar-refractivity contribution is -0.113. The van der Waals surface area contributed by atoms with E-state index in [1.807, 2.05) is 72.9 Å². The highest BCUT2D eigenvalue weighted by atomic mass is 32.1. The molecule has 0 saturated carbocycles. The first-order chi connectivity index (χ1) is 22.4. The Bertz CT molecular complexity index is 2400. The molecule has 0 bridgehead atoms. The van der Waals surface area contributed by atoms with E-state index in [2.05, 4.69) is 16.0 Å². The van der Waals surface area contributed by atoms with E-state index in [0.717, 1.165) is 22.0 Å². The summed E-state index contributed by atoms with van der Waals surface area (Å²) in [5.41, 5.74) is 4.99. The smallest absolute Gasteiger partial charge is 0.271 e. The van der Waals surface area contributed by atoms with Crippen molar-refractivity contribution in [3.63, 3.8) is 0 Å². The van der Waals surface area contributed by atoms with Gasteiger partial charge in [0, 0.05) is 34.9 Å². The first-order valence-electron chi connectivity index (χ1n) is 14.6. The second kappa shape index (κ2) is 11.9. The van der Waals surface area contributed by atoms with E-state index < -0.39 is 17.8 Å². The van der Waals surface area contributed by atoms with Crippen molar-refractivity contribution in [3.8, 4) is 6.07 Å². The molecule has 0 saturated heterocycles. The number of rotatable bonds is 6. The van der Waals surface area contributed by atoms with Crippen molar-refractivity contribution in [2.45, 2.75) is 19.5 Å². The topological polar surface area (TPSA) is 92.2 Å². The minimum atomic E-state index is -0.813. The molecule has 2 aromatic heterocycles. The molecule has 0 radical (unpaired) electrons. The largest absolute Gasteiger partial charge is 0.342 e. The van der Waals surface area contributed by atoms with Gasteiger partial charge in [0.15, 0.2) is 4.80 Å². The molecule has 7 nitrogen and oxygen atoms in total. The lowest BCUT2D eigenvalue weighted by Gasteiger charge is -2.25. The van der Waals surface area contributed by atoms with Crippen molar-refractivity contribution >= 4 is 39.9 Å². The van der Waals surface area contributed by atoms with Gasteiger partial charge in [-0.05, 0) is 60.5 Å². The Kier molecular flexibility index (Phi) is 7.48. The summed E-state index contributed by atoms with van der Waals surface area (Å²) in [5.74, 6) is -0.808. The number of fused-ring (bicyclic) bond motifs is 2. The van der Waals surface area contributed by atoms with E-state index in [1.54, 1.807) is 37.3 Å². The zero-order valence-electron chi connectivity index (χ0n) is 24.6. The monoisotopic (exact) mass is 623 g/mol. The number of allylic oxidation sites excluding steroid dienone is 1. The number of halogens is 1. The summed E-state index contributed by atoms with van der Waals surface area (Å²) in [4.78, 5) is 33.1. The first kappa shape index (κ1) is 28.9. The van der Waals surface area contributed by atoms with Crippen LogP contribution >= 0.6 is 11.3 Å². The van der Waals surface area contributed by atoms with Gasteiger partial charge in [0.25, 0.3) is 11.5 Å². The summed E-state index contributed by atoms with van der Waals surface area (Å²) in [5, 5.41) is 13.5. The maximum atomic E-state index is 14.2. The molecule has 0 spiro atoms. The van der Waals surface area contributed by atoms with E-state index >= 15 is 0 Å². The van der Waals surface area contributed by atoms with Gasteiger partial charge in [-0.25, -0.2) is 9.38 Å². The molecule has 9 heteroatoms. The molecule has 224 valence electrons.